The van der Waals surface area contributed by atoms with Crippen molar-refractivity contribution in [1.29, 1.82) is 0 Å². The van der Waals surface area contributed by atoms with Crippen molar-refractivity contribution in [3.05, 3.63) is 23.8 Å². The summed E-state index contributed by atoms with van der Waals surface area (Å²) >= 11 is 0. The van der Waals surface area contributed by atoms with Gasteiger partial charge in [0.1, 0.15) is 0 Å². The van der Waals surface area contributed by atoms with Crippen LogP contribution in [0.5, 0.6) is 0 Å². The Hall–Kier alpha value is -1.22. The number of carbonyl (C=O) groups is 1. The van der Waals surface area contributed by atoms with E-state index in [1.165, 1.54) is 24.1 Å². The fourth-order valence-electron chi connectivity index (χ4n) is 2.45. The maximum Gasteiger partial charge on any atom is 0.227 e. The Morgan fingerprint density at radius 1 is 1.44 bits per heavy atom. The second-order valence-electron chi connectivity index (χ2n) is 5.16. The average molecular weight is 267 g/mol. The summed E-state index contributed by atoms with van der Waals surface area (Å²) in [5.74, 6) is 0.936. The predicted molar refractivity (Wildman–Crippen MR) is 76.4 cm³/mol. The lowest BCUT2D eigenvalue weighted by Crippen LogP contribution is -2.21. The van der Waals surface area contributed by atoms with Crippen molar-refractivity contribution < 1.29 is 4.79 Å². The zero-order valence-electron chi connectivity index (χ0n) is 10.5. The third-order valence-electron chi connectivity index (χ3n) is 3.83. The molecule has 1 saturated carbocycles. The summed E-state index contributed by atoms with van der Waals surface area (Å²) in [6.07, 6.45) is 3.47. The summed E-state index contributed by atoms with van der Waals surface area (Å²) in [5, 5.41) is 6.34. The van der Waals surface area contributed by atoms with Crippen LogP contribution in [0.15, 0.2) is 18.2 Å². The molecule has 98 valence electrons. The van der Waals surface area contributed by atoms with E-state index in [4.69, 9.17) is 0 Å². The highest BCUT2D eigenvalue weighted by atomic mass is 35.5. The maximum absolute atomic E-state index is 12.0. The first kappa shape index (κ1) is 13.2. The van der Waals surface area contributed by atoms with E-state index in [-0.39, 0.29) is 24.2 Å². The Kier molecular flexibility index (Phi) is 3.81. The van der Waals surface area contributed by atoms with Crippen LogP contribution in [0.3, 0.4) is 0 Å². The van der Waals surface area contributed by atoms with Crippen LogP contribution in [0.2, 0.25) is 0 Å². The smallest absolute Gasteiger partial charge is 0.227 e. The zero-order valence-corrected chi connectivity index (χ0v) is 11.3. The molecule has 1 aromatic carbocycles. The lowest BCUT2D eigenvalue weighted by molar-refractivity contribution is -0.119. The summed E-state index contributed by atoms with van der Waals surface area (Å²) in [7, 11) is 0. The van der Waals surface area contributed by atoms with E-state index >= 15 is 0 Å². The van der Waals surface area contributed by atoms with Gasteiger partial charge in [-0.25, -0.2) is 0 Å². The van der Waals surface area contributed by atoms with Crippen LogP contribution >= 0.6 is 12.4 Å². The molecule has 1 heterocycles. The zero-order chi connectivity index (χ0) is 11.8. The van der Waals surface area contributed by atoms with Crippen LogP contribution < -0.4 is 10.6 Å². The number of halogens is 1. The molecule has 0 spiro atoms. The first-order valence-corrected chi connectivity index (χ1v) is 6.42. The fraction of sp³-hybridized carbons (Fsp3) is 0.500. The molecule has 3 nitrogen and oxygen atoms in total. The van der Waals surface area contributed by atoms with Crippen molar-refractivity contribution >= 4 is 29.7 Å². The summed E-state index contributed by atoms with van der Waals surface area (Å²) in [6.45, 7) is 3.03. The average Bonchev–Trinajstić information content (AvgIpc) is 3.07. The Morgan fingerprint density at radius 3 is 2.94 bits per heavy atom. The number of anilines is 2. The Bertz CT molecular complexity index is 457. The lowest BCUT2D eigenvalue weighted by atomic mass is 10.1. The van der Waals surface area contributed by atoms with Gasteiger partial charge in [-0.2, -0.15) is 0 Å². The van der Waals surface area contributed by atoms with Crippen LogP contribution in [0.1, 0.15) is 25.3 Å². The minimum absolute atomic E-state index is 0. The minimum atomic E-state index is 0. The highest BCUT2D eigenvalue weighted by Crippen LogP contribution is 2.37. The van der Waals surface area contributed by atoms with Gasteiger partial charge in [-0.05, 0) is 48.9 Å². The molecular weight excluding hydrogens is 248 g/mol. The van der Waals surface area contributed by atoms with E-state index < -0.39 is 0 Å². The second kappa shape index (κ2) is 5.19. The molecule has 1 aliphatic heterocycles. The normalized spacial score (nSPS) is 18.3. The van der Waals surface area contributed by atoms with Crippen LogP contribution in [0.4, 0.5) is 11.4 Å². The van der Waals surface area contributed by atoms with E-state index in [0.717, 1.165) is 18.7 Å². The number of rotatable bonds is 3. The molecule has 18 heavy (non-hydrogen) atoms. The quantitative estimate of drug-likeness (QED) is 0.883. The monoisotopic (exact) mass is 266 g/mol. The Morgan fingerprint density at radius 2 is 2.22 bits per heavy atom. The number of carbonyl (C=O) groups excluding carboxylic acids is 1. The molecule has 1 fully saturated rings. The molecule has 1 unspecified atom stereocenters. The van der Waals surface area contributed by atoms with Gasteiger partial charge in [-0.1, -0.05) is 6.92 Å². The van der Waals surface area contributed by atoms with Crippen LogP contribution in [-0.2, 0) is 11.2 Å². The van der Waals surface area contributed by atoms with Crippen molar-refractivity contribution in [2.75, 3.05) is 17.2 Å². The van der Waals surface area contributed by atoms with E-state index in [1.807, 2.05) is 13.0 Å². The summed E-state index contributed by atoms with van der Waals surface area (Å²) in [4.78, 5) is 12.0. The van der Waals surface area contributed by atoms with Gasteiger partial charge in [0.05, 0.1) is 0 Å². The largest absolute Gasteiger partial charge is 0.384 e. The third kappa shape index (κ3) is 2.61. The molecular formula is C14H19ClN2O. The van der Waals surface area contributed by atoms with Crippen LogP contribution in [0, 0.1) is 11.8 Å². The van der Waals surface area contributed by atoms with Crippen molar-refractivity contribution in [1.82, 2.24) is 0 Å². The van der Waals surface area contributed by atoms with Crippen molar-refractivity contribution in [3.8, 4) is 0 Å². The van der Waals surface area contributed by atoms with Gasteiger partial charge in [0.2, 0.25) is 5.91 Å². The topological polar surface area (TPSA) is 41.1 Å². The van der Waals surface area contributed by atoms with Gasteiger partial charge in [-0.15, -0.1) is 12.4 Å². The van der Waals surface area contributed by atoms with Gasteiger partial charge in [-0.3, -0.25) is 4.79 Å². The number of nitrogens with one attached hydrogen (secondary N) is 2. The predicted octanol–water partition coefficient (Wildman–Crippen LogP) is 3.06. The van der Waals surface area contributed by atoms with Gasteiger partial charge in [0.15, 0.2) is 0 Å². The van der Waals surface area contributed by atoms with Gasteiger partial charge in [0, 0.05) is 23.8 Å². The third-order valence-corrected chi connectivity index (χ3v) is 3.83. The van der Waals surface area contributed by atoms with Crippen LogP contribution in [-0.4, -0.2) is 12.5 Å². The molecule has 1 atom stereocenters. The van der Waals surface area contributed by atoms with Gasteiger partial charge in [0.25, 0.3) is 0 Å². The van der Waals surface area contributed by atoms with E-state index in [9.17, 15) is 4.79 Å². The molecule has 1 aliphatic carbocycles. The molecule has 4 heteroatoms. The summed E-state index contributed by atoms with van der Waals surface area (Å²) < 4.78 is 0. The molecule has 1 amide bonds. The van der Waals surface area contributed by atoms with Crippen molar-refractivity contribution in [3.63, 3.8) is 0 Å². The van der Waals surface area contributed by atoms with Crippen LogP contribution in [0.25, 0.3) is 0 Å². The number of benzene rings is 1. The first-order valence-electron chi connectivity index (χ1n) is 6.42. The molecule has 1 aromatic rings. The number of hydrogen-bond acceptors (Lipinski definition) is 2. The standard InChI is InChI=1S/C14H18N2O.ClH/c1-9(10-2-3-10)14(17)16-12-4-5-13-11(8-12)6-7-15-13;/h4-5,8-10,15H,2-3,6-7H2,1H3,(H,16,17);1H. The second-order valence-corrected chi connectivity index (χ2v) is 5.16. The van der Waals surface area contributed by atoms with E-state index in [1.54, 1.807) is 0 Å². The Balaban J connectivity index is 0.00000120. The molecule has 2 aliphatic rings. The highest BCUT2D eigenvalue weighted by Gasteiger charge is 2.32. The summed E-state index contributed by atoms with van der Waals surface area (Å²) in [5.41, 5.74) is 3.45. The number of fused-ring (bicyclic) bond motifs is 1. The van der Waals surface area contributed by atoms with Crippen molar-refractivity contribution in [2.24, 2.45) is 11.8 Å². The minimum Gasteiger partial charge on any atom is -0.384 e. The number of amides is 1. The molecule has 0 saturated heterocycles. The highest BCUT2D eigenvalue weighted by molar-refractivity contribution is 5.93. The molecule has 2 N–H and O–H groups in total. The van der Waals surface area contributed by atoms with E-state index in [0.29, 0.717) is 5.92 Å². The molecule has 3 rings (SSSR count). The SMILES string of the molecule is CC(C(=O)Nc1ccc2c(c1)CCN2)C1CC1.Cl. The summed E-state index contributed by atoms with van der Waals surface area (Å²) in [6, 6.07) is 6.13. The lowest BCUT2D eigenvalue weighted by Gasteiger charge is -2.12. The van der Waals surface area contributed by atoms with Crippen molar-refractivity contribution in [2.45, 2.75) is 26.2 Å². The first-order chi connectivity index (χ1) is 8.24. The van der Waals surface area contributed by atoms with E-state index in [2.05, 4.69) is 22.8 Å². The molecule has 0 bridgehead atoms. The Labute approximate surface area is 114 Å². The van der Waals surface area contributed by atoms with Gasteiger partial charge < -0.3 is 10.6 Å². The van der Waals surface area contributed by atoms with Gasteiger partial charge >= 0.3 is 0 Å². The maximum atomic E-state index is 12.0. The molecule has 0 aromatic heterocycles. The fourth-order valence-corrected chi connectivity index (χ4v) is 2.45. The molecule has 0 radical (unpaired) electrons. The number of hydrogen-bond donors (Lipinski definition) is 2.